The fourth-order valence-corrected chi connectivity index (χ4v) is 6.93. The van der Waals surface area contributed by atoms with Crippen molar-refractivity contribution in [2.24, 2.45) is 0 Å². The number of rotatable bonds is 2. The first kappa shape index (κ1) is 17.5. The SMILES string of the molecule is Cc1nc2sc3c(c2c(=N)n1N)C[C@H](c1ccccc1)S[C@@H]3c1ccccc1. The Hall–Kier alpha value is -2.57. The van der Waals surface area contributed by atoms with Gasteiger partial charge in [-0.15, -0.1) is 23.1 Å². The number of hydrogen-bond acceptors (Lipinski definition) is 5. The van der Waals surface area contributed by atoms with Gasteiger partial charge in [0.25, 0.3) is 0 Å². The topological polar surface area (TPSA) is 67.7 Å². The number of thioether (sulfide) groups is 1. The minimum atomic E-state index is 0.236. The van der Waals surface area contributed by atoms with Crippen LogP contribution >= 0.6 is 23.1 Å². The highest BCUT2D eigenvalue weighted by Gasteiger charge is 2.33. The lowest BCUT2D eigenvalue weighted by atomic mass is 9.98. The molecular weight excluding hydrogens is 384 g/mol. The highest BCUT2D eigenvalue weighted by atomic mass is 32.2. The molecular formula is C22H20N4S2. The van der Waals surface area contributed by atoms with Crippen LogP contribution in [0.3, 0.4) is 0 Å². The number of aromatic nitrogens is 2. The molecule has 0 fully saturated rings. The van der Waals surface area contributed by atoms with Gasteiger partial charge in [0, 0.05) is 10.1 Å². The molecule has 4 nitrogen and oxygen atoms in total. The molecule has 3 N–H and O–H groups in total. The molecule has 3 heterocycles. The summed E-state index contributed by atoms with van der Waals surface area (Å²) in [6, 6.07) is 21.3. The van der Waals surface area contributed by atoms with Gasteiger partial charge in [-0.25, -0.2) is 9.66 Å². The lowest BCUT2D eigenvalue weighted by Gasteiger charge is -2.30. The maximum absolute atomic E-state index is 8.62. The normalized spacial score (nSPS) is 18.9. The second-order valence-electron chi connectivity index (χ2n) is 7.03. The molecule has 4 aromatic rings. The number of nitrogen functional groups attached to an aromatic ring is 1. The van der Waals surface area contributed by atoms with Crippen molar-refractivity contribution in [1.29, 1.82) is 5.41 Å². The molecule has 2 aromatic heterocycles. The first-order chi connectivity index (χ1) is 13.6. The Balaban J connectivity index is 1.75. The first-order valence-electron chi connectivity index (χ1n) is 9.23. The summed E-state index contributed by atoms with van der Waals surface area (Å²) in [5.74, 6) is 6.76. The Morgan fingerprint density at radius 3 is 2.36 bits per heavy atom. The van der Waals surface area contributed by atoms with E-state index in [1.165, 1.54) is 26.2 Å². The molecule has 2 atom stereocenters. The van der Waals surface area contributed by atoms with Crippen molar-refractivity contribution in [1.82, 2.24) is 9.66 Å². The van der Waals surface area contributed by atoms with Gasteiger partial charge in [-0.3, -0.25) is 5.41 Å². The molecule has 6 heteroatoms. The van der Waals surface area contributed by atoms with Gasteiger partial charge in [0.2, 0.25) is 0 Å². The van der Waals surface area contributed by atoms with Gasteiger partial charge in [0.15, 0.2) is 5.49 Å². The van der Waals surface area contributed by atoms with Crippen LogP contribution in [0.4, 0.5) is 0 Å². The molecule has 0 saturated heterocycles. The van der Waals surface area contributed by atoms with Gasteiger partial charge in [0.1, 0.15) is 10.7 Å². The van der Waals surface area contributed by atoms with Crippen molar-refractivity contribution >= 4 is 33.3 Å². The molecule has 0 aliphatic carbocycles. The smallest absolute Gasteiger partial charge is 0.155 e. The average Bonchev–Trinajstić information content (AvgIpc) is 3.10. The second-order valence-corrected chi connectivity index (χ2v) is 9.38. The predicted octanol–water partition coefficient (Wildman–Crippen LogP) is 4.72. The Kier molecular flexibility index (Phi) is 4.25. The molecule has 0 unspecified atom stereocenters. The van der Waals surface area contributed by atoms with E-state index < -0.39 is 0 Å². The number of nitrogens with zero attached hydrogens (tertiary/aromatic N) is 2. The minimum Gasteiger partial charge on any atom is -0.336 e. The van der Waals surface area contributed by atoms with Crippen LogP contribution in [0.1, 0.15) is 37.9 Å². The maximum Gasteiger partial charge on any atom is 0.155 e. The Morgan fingerprint density at radius 2 is 1.68 bits per heavy atom. The van der Waals surface area contributed by atoms with E-state index in [4.69, 9.17) is 16.2 Å². The van der Waals surface area contributed by atoms with Gasteiger partial charge in [-0.2, -0.15) is 0 Å². The summed E-state index contributed by atoms with van der Waals surface area (Å²) in [4.78, 5) is 6.93. The van der Waals surface area contributed by atoms with E-state index in [1.807, 2.05) is 18.7 Å². The summed E-state index contributed by atoms with van der Waals surface area (Å²) in [7, 11) is 0. The van der Waals surface area contributed by atoms with Gasteiger partial charge in [0.05, 0.1) is 10.6 Å². The molecule has 1 aliphatic rings. The molecule has 1 aliphatic heterocycles. The van der Waals surface area contributed by atoms with E-state index in [2.05, 4.69) is 60.7 Å². The number of hydrogen-bond donors (Lipinski definition) is 2. The van der Waals surface area contributed by atoms with E-state index in [0.717, 1.165) is 16.6 Å². The fourth-order valence-electron chi connectivity index (χ4n) is 3.87. The van der Waals surface area contributed by atoms with Crippen LogP contribution in [0.5, 0.6) is 0 Å². The third-order valence-corrected chi connectivity index (χ3v) is 8.20. The average molecular weight is 405 g/mol. The largest absolute Gasteiger partial charge is 0.336 e. The van der Waals surface area contributed by atoms with Crippen molar-refractivity contribution in [3.05, 3.63) is 93.5 Å². The molecule has 140 valence electrons. The van der Waals surface area contributed by atoms with E-state index in [0.29, 0.717) is 16.6 Å². The summed E-state index contributed by atoms with van der Waals surface area (Å²) in [6.07, 6.45) is 0.893. The lowest BCUT2D eigenvalue weighted by Crippen LogP contribution is -2.30. The molecule has 0 amide bonds. The summed E-state index contributed by atoms with van der Waals surface area (Å²) in [5.41, 5.74) is 4.21. The summed E-state index contributed by atoms with van der Waals surface area (Å²) < 4.78 is 1.39. The molecule has 0 saturated carbocycles. The van der Waals surface area contributed by atoms with E-state index in [1.54, 1.807) is 11.3 Å². The van der Waals surface area contributed by atoms with Gasteiger partial charge in [-0.05, 0) is 30.0 Å². The van der Waals surface area contributed by atoms with Crippen LogP contribution in [0, 0.1) is 12.3 Å². The second kappa shape index (κ2) is 6.79. The van der Waals surface area contributed by atoms with Crippen LogP contribution in [-0.2, 0) is 6.42 Å². The van der Waals surface area contributed by atoms with Crippen molar-refractivity contribution in [2.45, 2.75) is 23.8 Å². The fraction of sp³-hybridized carbons (Fsp3) is 0.182. The predicted molar refractivity (Wildman–Crippen MR) is 117 cm³/mol. The number of nitrogens with one attached hydrogen (secondary N) is 1. The van der Waals surface area contributed by atoms with Crippen molar-refractivity contribution < 1.29 is 0 Å². The number of nitrogens with two attached hydrogens (primary N) is 1. The molecule has 0 spiro atoms. The summed E-state index contributed by atoms with van der Waals surface area (Å²) >= 11 is 3.71. The van der Waals surface area contributed by atoms with Crippen LogP contribution in [0.2, 0.25) is 0 Å². The third-order valence-electron chi connectivity index (χ3n) is 5.31. The van der Waals surface area contributed by atoms with Crippen LogP contribution in [0.25, 0.3) is 10.2 Å². The Labute approximate surface area is 171 Å². The standard InChI is InChI=1S/C22H20N4S2/c1-13-25-22-18(21(23)26(13)24)16-12-17(14-8-4-2-5-9-14)27-19(20(16)28-22)15-10-6-3-7-11-15/h2-11,17,19,23H,12,24H2,1H3/t17-,19-/m1/s1. The van der Waals surface area contributed by atoms with Gasteiger partial charge < -0.3 is 5.84 Å². The third kappa shape index (κ3) is 2.75. The number of aryl methyl sites for hydroxylation is 1. The highest BCUT2D eigenvalue weighted by Crippen LogP contribution is 2.54. The van der Waals surface area contributed by atoms with Crippen molar-refractivity contribution in [3.63, 3.8) is 0 Å². The molecule has 5 rings (SSSR count). The van der Waals surface area contributed by atoms with Gasteiger partial charge >= 0.3 is 0 Å². The van der Waals surface area contributed by atoms with Crippen molar-refractivity contribution in [3.8, 4) is 0 Å². The first-order valence-corrected chi connectivity index (χ1v) is 11.0. The summed E-state index contributed by atoms with van der Waals surface area (Å²) in [5, 5.41) is 10.1. The quantitative estimate of drug-likeness (QED) is 0.475. The molecule has 2 aromatic carbocycles. The van der Waals surface area contributed by atoms with E-state index in [-0.39, 0.29) is 5.25 Å². The zero-order valence-corrected chi connectivity index (χ0v) is 17.1. The monoisotopic (exact) mass is 404 g/mol. The lowest BCUT2D eigenvalue weighted by molar-refractivity contribution is 0.813. The maximum atomic E-state index is 8.62. The number of thiophene rings is 1. The molecule has 0 radical (unpaired) electrons. The Bertz CT molecular complexity index is 1210. The van der Waals surface area contributed by atoms with Crippen LogP contribution < -0.4 is 11.3 Å². The van der Waals surface area contributed by atoms with Crippen LogP contribution in [0.15, 0.2) is 60.7 Å². The Morgan fingerprint density at radius 1 is 1.04 bits per heavy atom. The molecule has 28 heavy (non-hydrogen) atoms. The van der Waals surface area contributed by atoms with Crippen LogP contribution in [-0.4, -0.2) is 9.66 Å². The zero-order chi connectivity index (χ0) is 19.3. The minimum absolute atomic E-state index is 0.236. The zero-order valence-electron chi connectivity index (χ0n) is 15.4. The number of benzene rings is 2. The van der Waals surface area contributed by atoms with Crippen molar-refractivity contribution in [2.75, 3.05) is 5.84 Å². The molecule has 0 bridgehead atoms. The van der Waals surface area contributed by atoms with E-state index >= 15 is 0 Å². The number of fused-ring (bicyclic) bond motifs is 3. The van der Waals surface area contributed by atoms with Gasteiger partial charge in [-0.1, -0.05) is 60.7 Å². The summed E-state index contributed by atoms with van der Waals surface area (Å²) in [6.45, 7) is 1.85. The van der Waals surface area contributed by atoms with E-state index in [9.17, 15) is 0 Å². The highest BCUT2D eigenvalue weighted by molar-refractivity contribution is 8.00.